The van der Waals surface area contributed by atoms with Crippen LogP contribution in [0.5, 0.6) is 0 Å². The fraction of sp³-hybridized carbons (Fsp3) is 0.368. The highest BCUT2D eigenvalue weighted by Gasteiger charge is 2.41. The molecule has 1 saturated heterocycles. The lowest BCUT2D eigenvalue weighted by Crippen LogP contribution is -2.52. The highest BCUT2D eigenvalue weighted by molar-refractivity contribution is 7.08. The van der Waals surface area contributed by atoms with E-state index in [2.05, 4.69) is 36.3 Å². The normalized spacial score (nSPS) is 18.4. The van der Waals surface area contributed by atoms with E-state index in [0.29, 0.717) is 25.4 Å². The number of carbonyl (C=O) groups excluding carboxylic acids is 1. The van der Waals surface area contributed by atoms with Gasteiger partial charge in [0.15, 0.2) is 0 Å². The Bertz CT molecular complexity index is 946. The molecule has 138 valence electrons. The molecule has 0 unspecified atom stereocenters. The van der Waals surface area contributed by atoms with Crippen molar-refractivity contribution in [3.8, 4) is 11.3 Å². The number of thiophene rings is 1. The van der Waals surface area contributed by atoms with Gasteiger partial charge in [-0.25, -0.2) is 9.97 Å². The molecular weight excluding hydrogens is 362 g/mol. The predicted octanol–water partition coefficient (Wildman–Crippen LogP) is 2.61. The van der Waals surface area contributed by atoms with E-state index in [0.717, 1.165) is 30.9 Å². The summed E-state index contributed by atoms with van der Waals surface area (Å²) in [5.74, 6) is 0.913. The molecule has 2 aliphatic rings. The monoisotopic (exact) mass is 381 g/mol. The number of rotatable bonds is 2. The van der Waals surface area contributed by atoms with Crippen LogP contribution in [0.2, 0.25) is 0 Å². The van der Waals surface area contributed by atoms with Crippen LogP contribution in [0.25, 0.3) is 11.3 Å². The van der Waals surface area contributed by atoms with Crippen LogP contribution in [0.1, 0.15) is 29.2 Å². The summed E-state index contributed by atoms with van der Waals surface area (Å²) in [6.07, 6.45) is 8.20. The van der Waals surface area contributed by atoms with Gasteiger partial charge in [-0.1, -0.05) is 0 Å². The van der Waals surface area contributed by atoms with E-state index in [9.17, 15) is 4.79 Å². The minimum Gasteiger partial charge on any atom is -0.365 e. The van der Waals surface area contributed by atoms with Gasteiger partial charge in [0.2, 0.25) is 0 Å². The smallest absolute Gasteiger partial charge is 0.274 e. The van der Waals surface area contributed by atoms with Crippen LogP contribution < -0.4 is 0 Å². The lowest BCUT2D eigenvalue weighted by molar-refractivity contribution is -0.117. The molecule has 8 heteroatoms. The van der Waals surface area contributed by atoms with Gasteiger partial charge in [0.25, 0.3) is 5.91 Å². The summed E-state index contributed by atoms with van der Waals surface area (Å²) in [6.45, 7) is 2.61. The molecule has 5 rings (SSSR count). The minimum atomic E-state index is -0.238. The first-order valence-electron chi connectivity index (χ1n) is 9.00. The number of imidazole rings is 1. The van der Waals surface area contributed by atoms with E-state index >= 15 is 0 Å². The molecule has 5 heterocycles. The number of amides is 1. The van der Waals surface area contributed by atoms with Gasteiger partial charge in [-0.15, -0.1) is 0 Å². The molecule has 0 aliphatic carbocycles. The Labute approximate surface area is 160 Å². The van der Waals surface area contributed by atoms with Crippen LogP contribution >= 0.6 is 11.3 Å². The summed E-state index contributed by atoms with van der Waals surface area (Å²) in [7, 11) is 0. The second-order valence-electron chi connectivity index (χ2n) is 7.01. The van der Waals surface area contributed by atoms with E-state index in [1.165, 1.54) is 11.8 Å². The van der Waals surface area contributed by atoms with E-state index in [4.69, 9.17) is 4.74 Å². The maximum atomic E-state index is 12.6. The first-order chi connectivity index (χ1) is 13.2. The van der Waals surface area contributed by atoms with Crippen molar-refractivity contribution in [3.05, 3.63) is 53.1 Å². The van der Waals surface area contributed by atoms with Crippen molar-refractivity contribution in [1.82, 2.24) is 24.4 Å². The topological polar surface area (TPSA) is 73.1 Å². The van der Waals surface area contributed by atoms with Crippen LogP contribution in [-0.4, -0.2) is 49.0 Å². The summed E-state index contributed by atoms with van der Waals surface area (Å²) in [5, 5.41) is 4.23. The maximum absolute atomic E-state index is 12.6. The summed E-state index contributed by atoms with van der Waals surface area (Å²) in [6, 6.07) is 2.12. The fourth-order valence-corrected chi connectivity index (χ4v) is 4.54. The quantitative estimate of drug-likeness (QED) is 0.682. The molecule has 0 N–H and O–H groups in total. The molecule has 2 aliphatic heterocycles. The molecule has 7 nitrogen and oxygen atoms in total. The van der Waals surface area contributed by atoms with E-state index in [1.807, 2.05) is 11.1 Å². The number of hydrogen-bond donors (Lipinski definition) is 0. The van der Waals surface area contributed by atoms with Gasteiger partial charge in [0.05, 0.1) is 30.2 Å². The van der Waals surface area contributed by atoms with Gasteiger partial charge in [0.1, 0.15) is 18.1 Å². The Kier molecular flexibility index (Phi) is 4.02. The third kappa shape index (κ3) is 2.94. The molecule has 0 bridgehead atoms. The van der Waals surface area contributed by atoms with Crippen LogP contribution in [-0.2, 0) is 17.9 Å². The van der Waals surface area contributed by atoms with Gasteiger partial charge < -0.3 is 14.2 Å². The van der Waals surface area contributed by atoms with Crippen molar-refractivity contribution in [1.29, 1.82) is 0 Å². The van der Waals surface area contributed by atoms with Crippen molar-refractivity contribution in [3.63, 3.8) is 0 Å². The first-order valence-corrected chi connectivity index (χ1v) is 9.95. The third-order valence-corrected chi connectivity index (χ3v) is 6.14. The molecule has 3 aromatic heterocycles. The summed E-state index contributed by atoms with van der Waals surface area (Å²) in [5.41, 5.74) is 2.50. The summed E-state index contributed by atoms with van der Waals surface area (Å²) < 4.78 is 8.53. The van der Waals surface area contributed by atoms with Crippen molar-refractivity contribution < 1.29 is 9.53 Å². The van der Waals surface area contributed by atoms with Gasteiger partial charge >= 0.3 is 0 Å². The molecule has 0 atom stereocenters. The first kappa shape index (κ1) is 16.6. The number of hydrogen-bond acceptors (Lipinski definition) is 6. The van der Waals surface area contributed by atoms with Gasteiger partial charge in [-0.05, 0) is 24.3 Å². The average molecular weight is 381 g/mol. The largest absolute Gasteiger partial charge is 0.365 e. The molecule has 0 aromatic carbocycles. The highest BCUT2D eigenvalue weighted by atomic mass is 32.1. The summed E-state index contributed by atoms with van der Waals surface area (Å²) in [4.78, 5) is 27.1. The lowest BCUT2D eigenvalue weighted by Gasteiger charge is -2.44. The van der Waals surface area contributed by atoms with Gasteiger partial charge in [-0.3, -0.25) is 9.78 Å². The molecule has 27 heavy (non-hydrogen) atoms. The Morgan fingerprint density at radius 1 is 1.19 bits per heavy atom. The molecule has 1 spiro atoms. The highest BCUT2D eigenvalue weighted by Crippen LogP contribution is 2.36. The SMILES string of the molecule is O=C(c1cnccn1)N1CCC2(CC1)Cn1c(-c3ccsc3)cnc1CO2. The zero-order valence-corrected chi connectivity index (χ0v) is 15.6. The zero-order chi connectivity index (χ0) is 18.3. The number of ether oxygens (including phenoxy) is 1. The van der Waals surface area contributed by atoms with Crippen molar-refractivity contribution in [2.24, 2.45) is 0 Å². The number of carbonyl (C=O) groups is 1. The van der Waals surface area contributed by atoms with E-state index in [-0.39, 0.29) is 11.5 Å². The van der Waals surface area contributed by atoms with Gasteiger partial charge in [0, 0.05) is 36.4 Å². The number of aromatic nitrogens is 4. The third-order valence-electron chi connectivity index (χ3n) is 5.45. The predicted molar refractivity (Wildman–Crippen MR) is 100 cm³/mol. The van der Waals surface area contributed by atoms with Crippen LogP contribution in [0.4, 0.5) is 0 Å². The second kappa shape index (κ2) is 6.54. The molecular formula is C19H19N5O2S. The molecule has 1 fully saturated rings. The Morgan fingerprint density at radius 3 is 2.81 bits per heavy atom. The van der Waals surface area contributed by atoms with Crippen LogP contribution in [0.3, 0.4) is 0 Å². The minimum absolute atomic E-state index is 0.0592. The number of nitrogens with zero attached hydrogens (tertiary/aromatic N) is 5. The average Bonchev–Trinajstić information content (AvgIpc) is 3.38. The van der Waals surface area contributed by atoms with Gasteiger partial charge in [-0.2, -0.15) is 11.3 Å². The second-order valence-corrected chi connectivity index (χ2v) is 7.79. The zero-order valence-electron chi connectivity index (χ0n) is 14.7. The van der Waals surface area contributed by atoms with E-state index < -0.39 is 0 Å². The standard InChI is InChI=1S/C19H19N5O2S/c25-18(15-9-20-4-5-21-15)23-6-2-19(3-7-23)13-24-16(14-1-8-27-12-14)10-22-17(24)11-26-19/h1,4-5,8-10,12H,2-3,6-7,11,13H2. The number of piperidine rings is 1. The molecule has 1 amide bonds. The maximum Gasteiger partial charge on any atom is 0.274 e. The van der Waals surface area contributed by atoms with Crippen LogP contribution in [0, 0.1) is 0 Å². The van der Waals surface area contributed by atoms with E-state index in [1.54, 1.807) is 23.7 Å². The molecule has 0 saturated carbocycles. The Balaban J connectivity index is 1.33. The molecule has 3 aromatic rings. The Hall–Kier alpha value is -2.58. The summed E-state index contributed by atoms with van der Waals surface area (Å²) >= 11 is 1.69. The number of fused-ring (bicyclic) bond motifs is 1. The molecule has 0 radical (unpaired) electrons. The lowest BCUT2D eigenvalue weighted by atomic mass is 9.89. The van der Waals surface area contributed by atoms with Crippen LogP contribution in [0.15, 0.2) is 41.6 Å². The Morgan fingerprint density at radius 2 is 2.07 bits per heavy atom. The fourth-order valence-electron chi connectivity index (χ4n) is 3.89. The van der Waals surface area contributed by atoms with Crippen molar-refractivity contribution in [2.45, 2.75) is 31.6 Å². The van der Waals surface area contributed by atoms with Crippen molar-refractivity contribution >= 4 is 17.2 Å². The van der Waals surface area contributed by atoms with Crippen molar-refractivity contribution in [2.75, 3.05) is 13.1 Å². The number of likely N-dealkylation sites (tertiary alicyclic amines) is 1.